The predicted octanol–water partition coefficient (Wildman–Crippen LogP) is 6.11. The molecule has 0 aromatic heterocycles. The van der Waals surface area contributed by atoms with E-state index in [4.69, 9.17) is 36.9 Å². The number of amides is 1. The van der Waals surface area contributed by atoms with Crippen LogP contribution in [-0.2, 0) is 14.8 Å². The van der Waals surface area contributed by atoms with Crippen LogP contribution < -0.4 is 20.1 Å². The summed E-state index contributed by atoms with van der Waals surface area (Å²) in [7, 11) is -0.765. The van der Waals surface area contributed by atoms with E-state index in [9.17, 15) is 4.79 Å². The summed E-state index contributed by atoms with van der Waals surface area (Å²) in [5, 5.41) is 7.02. The zero-order chi connectivity index (χ0) is 27.1. The fraction of sp³-hybridized carbons (Fsp3) is 0.259. The number of nitrogens with one attached hydrogen (secondary N) is 3. The first-order chi connectivity index (χ1) is 18.4. The first-order valence-corrected chi connectivity index (χ1v) is 15.5. The van der Waals surface area contributed by atoms with Crippen molar-refractivity contribution in [2.45, 2.75) is 23.1 Å². The average Bonchev–Trinajstić information content (AvgIpc) is 2.91. The molecule has 11 heteroatoms. The molecule has 3 N–H and O–H groups in total. The summed E-state index contributed by atoms with van der Waals surface area (Å²) >= 11 is 13.3. The van der Waals surface area contributed by atoms with E-state index in [0.29, 0.717) is 41.0 Å². The Kier molecular flexibility index (Phi) is 9.80. The van der Waals surface area contributed by atoms with Gasteiger partial charge in [-0.3, -0.25) is 9.52 Å². The largest absolute Gasteiger partial charge is 0.496 e. The van der Waals surface area contributed by atoms with Crippen molar-refractivity contribution in [2.75, 3.05) is 33.2 Å². The number of halogens is 1. The van der Waals surface area contributed by atoms with Crippen LogP contribution in [0.25, 0.3) is 11.1 Å². The predicted molar refractivity (Wildman–Crippen MR) is 160 cm³/mol. The van der Waals surface area contributed by atoms with E-state index in [-0.39, 0.29) is 12.7 Å². The molecule has 1 heterocycles. The maximum atomic E-state index is 12.8. The Morgan fingerprint density at radius 1 is 1.11 bits per heavy atom. The van der Waals surface area contributed by atoms with Crippen molar-refractivity contribution >= 4 is 57.4 Å². The van der Waals surface area contributed by atoms with Gasteiger partial charge in [-0.1, -0.05) is 46.6 Å². The molecule has 7 nitrogen and oxygen atoms in total. The third kappa shape index (κ3) is 6.56. The Morgan fingerprint density at radius 2 is 1.87 bits per heavy atom. The van der Waals surface area contributed by atoms with Gasteiger partial charge in [-0.2, -0.15) is 0 Å². The van der Waals surface area contributed by atoms with Gasteiger partial charge >= 0.3 is 0 Å². The fourth-order valence-electron chi connectivity index (χ4n) is 3.93. The molecule has 1 fully saturated rings. The monoisotopic (exact) mass is 591 g/mol. The Balaban J connectivity index is 1.59. The van der Waals surface area contributed by atoms with Crippen molar-refractivity contribution in [1.82, 2.24) is 15.4 Å². The summed E-state index contributed by atoms with van der Waals surface area (Å²) in [6.45, 7) is 3.26. The zero-order valence-corrected chi connectivity index (χ0v) is 24.5. The minimum absolute atomic E-state index is 0.184. The molecule has 4 rings (SSSR count). The maximum Gasteiger partial charge on any atom is 0.255 e. The topological polar surface area (TPSA) is 80.9 Å². The summed E-state index contributed by atoms with van der Waals surface area (Å²) in [5.74, 6) is 0.221. The molecule has 3 aromatic rings. The number of benzene rings is 3. The molecule has 0 bridgehead atoms. The lowest BCUT2D eigenvalue weighted by atomic mass is 10.0. The third-order valence-electron chi connectivity index (χ3n) is 5.83. The molecule has 3 aromatic carbocycles. The minimum atomic E-state index is -2.29. The Bertz CT molecular complexity index is 1300. The van der Waals surface area contributed by atoms with Crippen molar-refractivity contribution in [3.63, 3.8) is 0 Å². The smallest absolute Gasteiger partial charge is 0.255 e. The van der Waals surface area contributed by atoms with Crippen LogP contribution >= 0.6 is 46.4 Å². The Labute approximate surface area is 239 Å². The van der Waals surface area contributed by atoms with Crippen LogP contribution in [0.5, 0.6) is 5.75 Å². The molecule has 1 aliphatic heterocycles. The third-order valence-corrected chi connectivity index (χ3v) is 9.43. The molecule has 0 spiro atoms. The van der Waals surface area contributed by atoms with Gasteiger partial charge in [0.2, 0.25) is 0 Å². The van der Waals surface area contributed by atoms with Gasteiger partial charge in [-0.05, 0) is 79.3 Å². The summed E-state index contributed by atoms with van der Waals surface area (Å²) in [6.07, 6.45) is 2.65. The number of methoxy groups -OCH3 is 1. The van der Waals surface area contributed by atoms with Crippen LogP contribution in [0.15, 0.2) is 70.5 Å². The number of carbonyl (C=O) groups excluding carboxylic acids is 1. The van der Waals surface area contributed by atoms with E-state index < -0.39 is 10.8 Å². The Hall–Kier alpha value is -2.47. The zero-order valence-electron chi connectivity index (χ0n) is 21.3. The highest BCUT2D eigenvalue weighted by Crippen LogP contribution is 2.63. The highest BCUT2D eigenvalue weighted by molar-refractivity contribution is 8.25. The lowest BCUT2D eigenvalue weighted by Gasteiger charge is -2.50. The lowest BCUT2D eigenvalue weighted by Crippen LogP contribution is -2.43. The molecule has 1 amide bonds. The van der Waals surface area contributed by atoms with Crippen LogP contribution in [0, 0.1) is 0 Å². The molecule has 0 saturated carbocycles. The first kappa shape index (κ1) is 28.5. The molecule has 1 saturated heterocycles. The van der Waals surface area contributed by atoms with Gasteiger partial charge in [0.05, 0.1) is 17.6 Å². The van der Waals surface area contributed by atoms with E-state index in [2.05, 4.69) is 64.1 Å². The molecular formula is C27H30ClN3O4S3. The number of hydrogen-bond acceptors (Lipinski definition) is 6. The first-order valence-electron chi connectivity index (χ1n) is 12.0. The molecular weight excluding hydrogens is 562 g/mol. The second-order valence-electron chi connectivity index (χ2n) is 8.23. The fourth-order valence-corrected chi connectivity index (χ4v) is 6.85. The van der Waals surface area contributed by atoms with Crippen molar-refractivity contribution in [2.24, 2.45) is 0 Å². The van der Waals surface area contributed by atoms with Crippen molar-refractivity contribution < 1.29 is 17.9 Å². The van der Waals surface area contributed by atoms with E-state index in [0.717, 1.165) is 21.6 Å². The SMILES string of the molecule is CCNC(=S)NS1(c2cc(CCNC(=O)c3cc(Cl)ccc3OC)ccc2-c2ccc(SC)cc2)OCO1. The maximum absolute atomic E-state index is 12.8. The number of carbonyl (C=O) groups is 1. The van der Waals surface area contributed by atoms with E-state index >= 15 is 0 Å². The lowest BCUT2D eigenvalue weighted by molar-refractivity contribution is 0.0438. The van der Waals surface area contributed by atoms with E-state index in [1.807, 2.05) is 6.92 Å². The van der Waals surface area contributed by atoms with Gasteiger partial charge in [0.15, 0.2) is 11.9 Å². The van der Waals surface area contributed by atoms with Gasteiger partial charge in [0.25, 0.3) is 5.91 Å². The summed E-state index contributed by atoms with van der Waals surface area (Å²) in [4.78, 5) is 14.9. The number of thioether (sulfide) groups is 1. The van der Waals surface area contributed by atoms with Crippen molar-refractivity contribution in [1.29, 1.82) is 0 Å². The van der Waals surface area contributed by atoms with Gasteiger partial charge in [-0.25, -0.2) is 8.37 Å². The molecule has 202 valence electrons. The average molecular weight is 592 g/mol. The standard InChI is InChI=1S/C27H30ClN3O4S3/c1-4-29-27(36)31-38(34-17-35-38)25-15-18(5-11-22(25)19-6-9-21(37-3)10-7-19)13-14-30-26(32)23-16-20(28)8-12-24(23)33-2/h5-12,15-16H,4,13-14,17H2,1-3H3,(H,30,32)(H2,29,31,36). The van der Waals surface area contributed by atoms with E-state index in [1.165, 1.54) is 12.0 Å². The molecule has 38 heavy (non-hydrogen) atoms. The number of rotatable bonds is 10. The second-order valence-corrected chi connectivity index (χ2v) is 12.1. The summed E-state index contributed by atoms with van der Waals surface area (Å²) < 4.78 is 20.7. The molecule has 0 radical (unpaired) electrons. The number of thiocarbonyl (C=S) groups is 1. The quantitative estimate of drug-likeness (QED) is 0.193. The molecule has 1 aliphatic rings. The summed E-state index contributed by atoms with van der Waals surface area (Å²) in [5.41, 5.74) is 3.46. The van der Waals surface area contributed by atoms with Gasteiger partial charge in [0.1, 0.15) is 5.75 Å². The second kappa shape index (κ2) is 13.1. The number of ether oxygens (including phenoxy) is 1. The van der Waals surface area contributed by atoms with Crippen LogP contribution in [0.1, 0.15) is 22.8 Å². The number of hydrogen-bond donors (Lipinski definition) is 3. The van der Waals surface area contributed by atoms with Gasteiger partial charge in [0, 0.05) is 28.6 Å². The van der Waals surface area contributed by atoms with Crippen molar-refractivity contribution in [3.05, 3.63) is 76.8 Å². The van der Waals surface area contributed by atoms with Crippen LogP contribution in [0.3, 0.4) is 0 Å². The highest BCUT2D eigenvalue weighted by Gasteiger charge is 2.36. The normalized spacial score (nSPS) is 14.6. The van der Waals surface area contributed by atoms with Crippen molar-refractivity contribution in [3.8, 4) is 16.9 Å². The van der Waals surface area contributed by atoms with Crippen LogP contribution in [0.2, 0.25) is 5.02 Å². The molecule has 0 atom stereocenters. The molecule has 0 aliphatic carbocycles. The molecule has 0 unspecified atom stereocenters. The minimum Gasteiger partial charge on any atom is -0.496 e. The Morgan fingerprint density at radius 3 is 2.50 bits per heavy atom. The van der Waals surface area contributed by atoms with Crippen LogP contribution in [-0.4, -0.2) is 44.3 Å². The van der Waals surface area contributed by atoms with E-state index in [1.54, 1.807) is 30.0 Å². The highest BCUT2D eigenvalue weighted by atomic mass is 35.5. The van der Waals surface area contributed by atoms with Gasteiger partial charge < -0.3 is 15.4 Å². The van der Waals surface area contributed by atoms with Crippen LogP contribution in [0.4, 0.5) is 0 Å². The van der Waals surface area contributed by atoms with Gasteiger partial charge in [-0.15, -0.1) is 11.8 Å². The summed E-state index contributed by atoms with van der Waals surface area (Å²) in [6, 6.07) is 19.5.